The number of fused-ring (bicyclic) bond motifs is 5. The van der Waals surface area contributed by atoms with Gasteiger partial charge in [-0.05, 0) is 30.7 Å². The van der Waals surface area contributed by atoms with Gasteiger partial charge >= 0.3 is 17.9 Å². The van der Waals surface area contributed by atoms with Crippen molar-refractivity contribution < 1.29 is 23.1 Å². The van der Waals surface area contributed by atoms with E-state index in [9.17, 15) is 27.9 Å². The topological polar surface area (TPSA) is 90.4 Å². The molecule has 2 bridgehead atoms. The van der Waals surface area contributed by atoms with Gasteiger partial charge in [-0.2, -0.15) is 13.2 Å². The zero-order chi connectivity index (χ0) is 17.9. The summed E-state index contributed by atoms with van der Waals surface area (Å²) in [6.45, 7) is 0.293. The standard InChI is InChI=1S/C15H13F3N4O3/c16-15(17,18)7-1-3-8(4-2-7)19-13(24)21-6-9-5-10(21)11-12(23)20-14(25)22(9)11/h1-4,9-10,23H,5-6H2,(H,19,24)(H,20,25). The Balaban J connectivity index is 1.52. The van der Waals surface area contributed by atoms with E-state index >= 15 is 0 Å². The maximum atomic E-state index is 12.6. The molecule has 3 N–H and O–H groups in total. The number of rotatable bonds is 1. The first-order chi connectivity index (χ1) is 11.8. The lowest BCUT2D eigenvalue weighted by Crippen LogP contribution is -2.39. The van der Waals surface area contributed by atoms with Crippen LogP contribution >= 0.6 is 0 Å². The average Bonchev–Trinajstić information content (AvgIpc) is 3.19. The number of nitrogens with zero attached hydrogens (tertiary/aromatic N) is 2. The van der Waals surface area contributed by atoms with Gasteiger partial charge in [0.1, 0.15) is 5.69 Å². The molecule has 1 saturated heterocycles. The molecule has 0 spiro atoms. The average molecular weight is 354 g/mol. The van der Waals surface area contributed by atoms with Crippen molar-refractivity contribution in [1.82, 2.24) is 14.5 Å². The highest BCUT2D eigenvalue weighted by Gasteiger charge is 2.48. The highest BCUT2D eigenvalue weighted by Crippen LogP contribution is 2.47. The molecule has 0 saturated carbocycles. The first kappa shape index (κ1) is 15.6. The van der Waals surface area contributed by atoms with Crippen LogP contribution in [0, 0.1) is 0 Å². The molecule has 4 rings (SSSR count). The minimum atomic E-state index is -4.44. The molecule has 2 atom stereocenters. The minimum Gasteiger partial charge on any atom is -0.493 e. The summed E-state index contributed by atoms with van der Waals surface area (Å²) in [6, 6.07) is 2.98. The Bertz CT molecular complexity index is 900. The van der Waals surface area contributed by atoms with Crippen molar-refractivity contribution in [3.8, 4) is 5.88 Å². The van der Waals surface area contributed by atoms with Gasteiger partial charge < -0.3 is 15.3 Å². The number of aromatic nitrogens is 2. The number of hydrogen-bond acceptors (Lipinski definition) is 3. The van der Waals surface area contributed by atoms with Crippen LogP contribution in [0.5, 0.6) is 5.88 Å². The zero-order valence-corrected chi connectivity index (χ0v) is 12.7. The molecular weight excluding hydrogens is 341 g/mol. The van der Waals surface area contributed by atoms with E-state index in [2.05, 4.69) is 10.3 Å². The molecule has 2 amide bonds. The van der Waals surface area contributed by atoms with Gasteiger partial charge in [-0.3, -0.25) is 9.55 Å². The number of nitrogens with one attached hydrogen (secondary N) is 2. The Kier molecular flexibility index (Phi) is 3.15. The normalized spacial score (nSPS) is 21.5. The van der Waals surface area contributed by atoms with Crippen LogP contribution in [0.2, 0.25) is 0 Å². The van der Waals surface area contributed by atoms with Crippen molar-refractivity contribution in [2.24, 2.45) is 0 Å². The lowest BCUT2D eigenvalue weighted by molar-refractivity contribution is -0.137. The van der Waals surface area contributed by atoms with Gasteiger partial charge in [-0.25, -0.2) is 9.59 Å². The molecule has 2 aliphatic rings. The second-order valence-electron chi connectivity index (χ2n) is 6.10. The van der Waals surface area contributed by atoms with Crippen molar-refractivity contribution in [3.05, 3.63) is 46.0 Å². The van der Waals surface area contributed by atoms with E-state index in [1.54, 1.807) is 0 Å². The number of likely N-dealkylation sites (tertiary alicyclic amines) is 1. The predicted octanol–water partition coefficient (Wildman–Crippen LogP) is 2.43. The summed E-state index contributed by atoms with van der Waals surface area (Å²) in [5.41, 5.74) is -0.616. The molecule has 1 aromatic carbocycles. The number of amides is 2. The third kappa shape index (κ3) is 2.36. The second-order valence-corrected chi connectivity index (χ2v) is 6.10. The van der Waals surface area contributed by atoms with Crippen LogP contribution in [-0.2, 0) is 6.18 Å². The van der Waals surface area contributed by atoms with E-state index in [4.69, 9.17) is 0 Å². The molecule has 0 radical (unpaired) electrons. The highest BCUT2D eigenvalue weighted by molar-refractivity contribution is 5.90. The second kappa shape index (κ2) is 5.04. The van der Waals surface area contributed by atoms with Crippen LogP contribution in [0.4, 0.5) is 23.7 Å². The Labute approximate surface area is 138 Å². The molecule has 2 unspecified atom stereocenters. The maximum Gasteiger partial charge on any atom is 0.416 e. The third-order valence-corrected chi connectivity index (χ3v) is 4.63. The predicted molar refractivity (Wildman–Crippen MR) is 80.3 cm³/mol. The van der Waals surface area contributed by atoms with Crippen LogP contribution in [0.25, 0.3) is 0 Å². The van der Waals surface area contributed by atoms with Crippen molar-refractivity contribution in [1.29, 1.82) is 0 Å². The molecule has 2 aliphatic heterocycles. The van der Waals surface area contributed by atoms with Crippen LogP contribution in [-0.4, -0.2) is 32.1 Å². The van der Waals surface area contributed by atoms with Crippen molar-refractivity contribution >= 4 is 11.7 Å². The van der Waals surface area contributed by atoms with Crippen LogP contribution < -0.4 is 11.0 Å². The lowest BCUT2D eigenvalue weighted by Gasteiger charge is -2.27. The SMILES string of the molecule is O=C(Nc1ccc(C(F)(F)F)cc1)N1CC2CC1c1c(O)[nH]c(=O)n12. The van der Waals surface area contributed by atoms with Gasteiger partial charge in [0.05, 0.1) is 17.6 Å². The lowest BCUT2D eigenvalue weighted by atomic mass is 10.2. The molecule has 3 heterocycles. The van der Waals surface area contributed by atoms with E-state index in [0.29, 0.717) is 18.7 Å². The fraction of sp³-hybridized carbons (Fsp3) is 0.333. The Morgan fingerprint density at radius 3 is 2.60 bits per heavy atom. The molecule has 2 aromatic rings. The summed E-state index contributed by atoms with van der Waals surface area (Å²) < 4.78 is 39.1. The smallest absolute Gasteiger partial charge is 0.416 e. The summed E-state index contributed by atoms with van der Waals surface area (Å²) in [6.07, 6.45) is -3.92. The summed E-state index contributed by atoms with van der Waals surface area (Å²) in [4.78, 5) is 27.9. The van der Waals surface area contributed by atoms with E-state index in [0.717, 1.165) is 12.1 Å². The maximum absolute atomic E-state index is 12.6. The van der Waals surface area contributed by atoms with E-state index in [1.165, 1.54) is 21.6 Å². The van der Waals surface area contributed by atoms with E-state index in [-0.39, 0.29) is 17.6 Å². The van der Waals surface area contributed by atoms with Crippen molar-refractivity contribution in [3.63, 3.8) is 0 Å². The number of carbonyl (C=O) groups is 1. The Morgan fingerprint density at radius 2 is 1.96 bits per heavy atom. The number of urea groups is 1. The van der Waals surface area contributed by atoms with Crippen molar-refractivity contribution in [2.45, 2.75) is 24.7 Å². The molecule has 7 nitrogen and oxygen atoms in total. The van der Waals surface area contributed by atoms with Gasteiger partial charge in [0.15, 0.2) is 0 Å². The number of halogens is 3. The van der Waals surface area contributed by atoms with Gasteiger partial charge in [0.2, 0.25) is 5.88 Å². The summed E-state index contributed by atoms with van der Waals surface area (Å²) in [5.74, 6) is -0.260. The number of carbonyl (C=O) groups excluding carboxylic acids is 1. The molecule has 10 heteroatoms. The van der Waals surface area contributed by atoms with Crippen molar-refractivity contribution in [2.75, 3.05) is 11.9 Å². The van der Waals surface area contributed by atoms with Crippen LogP contribution in [0.15, 0.2) is 29.1 Å². The quantitative estimate of drug-likeness (QED) is 0.735. The number of imidazole rings is 1. The van der Waals surface area contributed by atoms with Gasteiger partial charge in [0.25, 0.3) is 0 Å². The number of alkyl halides is 3. The Morgan fingerprint density at radius 1 is 1.28 bits per heavy atom. The number of benzene rings is 1. The molecule has 132 valence electrons. The first-order valence-electron chi connectivity index (χ1n) is 7.54. The third-order valence-electron chi connectivity index (χ3n) is 4.63. The number of anilines is 1. The molecule has 25 heavy (non-hydrogen) atoms. The molecule has 1 fully saturated rings. The van der Waals surface area contributed by atoms with E-state index in [1.807, 2.05) is 0 Å². The van der Waals surface area contributed by atoms with Crippen LogP contribution in [0.3, 0.4) is 0 Å². The first-order valence-corrected chi connectivity index (χ1v) is 7.54. The van der Waals surface area contributed by atoms with Gasteiger partial charge in [-0.1, -0.05) is 0 Å². The highest BCUT2D eigenvalue weighted by atomic mass is 19.4. The summed E-state index contributed by atoms with van der Waals surface area (Å²) in [5, 5.41) is 12.4. The number of aromatic hydroxyl groups is 1. The largest absolute Gasteiger partial charge is 0.493 e. The van der Waals surface area contributed by atoms with Crippen LogP contribution in [0.1, 0.15) is 29.8 Å². The summed E-state index contributed by atoms with van der Waals surface area (Å²) in [7, 11) is 0. The fourth-order valence-corrected chi connectivity index (χ4v) is 3.55. The zero-order valence-electron chi connectivity index (χ0n) is 12.7. The molecule has 1 aromatic heterocycles. The monoisotopic (exact) mass is 354 g/mol. The molecule has 0 aliphatic carbocycles. The molecular formula is C15H13F3N4O3. The Hall–Kier alpha value is -2.91. The fourth-order valence-electron chi connectivity index (χ4n) is 3.55. The number of H-pyrrole nitrogens is 1. The summed E-state index contributed by atoms with van der Waals surface area (Å²) >= 11 is 0. The number of aromatic amines is 1. The van der Waals surface area contributed by atoms with Gasteiger partial charge in [-0.15, -0.1) is 0 Å². The number of hydrogen-bond donors (Lipinski definition) is 3. The van der Waals surface area contributed by atoms with Gasteiger partial charge in [0, 0.05) is 12.2 Å². The minimum absolute atomic E-state index is 0.219. The van der Waals surface area contributed by atoms with E-state index < -0.39 is 29.5 Å².